The maximum absolute atomic E-state index is 12.6. The van der Waals surface area contributed by atoms with Crippen LogP contribution in [0, 0.1) is 0 Å². The van der Waals surface area contributed by atoms with E-state index in [-0.39, 0.29) is 11.9 Å². The van der Waals surface area contributed by atoms with Crippen LogP contribution in [0.15, 0.2) is 54.7 Å². The third kappa shape index (κ3) is 2.15. The van der Waals surface area contributed by atoms with Crippen LogP contribution in [0.25, 0.3) is 10.9 Å². The Kier molecular flexibility index (Phi) is 2.84. The summed E-state index contributed by atoms with van der Waals surface area (Å²) < 4.78 is 5.57. The van der Waals surface area contributed by atoms with Gasteiger partial charge in [-0.1, -0.05) is 41.9 Å². The highest BCUT2D eigenvalue weighted by Crippen LogP contribution is 2.41. The summed E-state index contributed by atoms with van der Waals surface area (Å²) in [5, 5.41) is 1.62. The van der Waals surface area contributed by atoms with Gasteiger partial charge in [0.25, 0.3) is 0 Å². The van der Waals surface area contributed by atoms with Gasteiger partial charge in [0.15, 0.2) is 11.9 Å². The first-order valence-corrected chi connectivity index (χ1v) is 7.13. The van der Waals surface area contributed by atoms with Gasteiger partial charge in [-0.05, 0) is 23.8 Å². The van der Waals surface area contributed by atoms with E-state index in [0.717, 1.165) is 16.5 Å². The van der Waals surface area contributed by atoms with Crippen LogP contribution in [0.2, 0.25) is 5.02 Å². The Bertz CT molecular complexity index is 822. The fourth-order valence-electron chi connectivity index (χ4n) is 2.65. The molecule has 4 rings (SSSR count). The van der Waals surface area contributed by atoms with Crippen LogP contribution in [0.3, 0.4) is 0 Å². The topological polar surface area (TPSA) is 45.4 Å². The molecule has 0 unspecified atom stereocenters. The van der Waals surface area contributed by atoms with Gasteiger partial charge in [0.2, 0.25) is 0 Å². The number of aromatic nitrogens is 1. The maximum Gasteiger partial charge on any atom is 0.196 e. The number of hydrogen-bond acceptors (Lipinski definition) is 2. The van der Waals surface area contributed by atoms with Gasteiger partial charge in [0, 0.05) is 27.7 Å². The summed E-state index contributed by atoms with van der Waals surface area (Å²) >= 11 is 5.87. The lowest BCUT2D eigenvalue weighted by atomic mass is 10.0. The zero-order valence-electron chi connectivity index (χ0n) is 11.0. The monoisotopic (exact) mass is 297 g/mol. The lowest BCUT2D eigenvalue weighted by Crippen LogP contribution is -2.07. The molecule has 2 heterocycles. The molecule has 1 fully saturated rings. The number of nitrogens with one attached hydrogen (secondary N) is 1. The first-order chi connectivity index (χ1) is 10.2. The molecule has 3 aromatic rings. The van der Waals surface area contributed by atoms with Gasteiger partial charge in [0.05, 0.1) is 0 Å². The van der Waals surface area contributed by atoms with Crippen LogP contribution in [0.4, 0.5) is 0 Å². The van der Waals surface area contributed by atoms with Gasteiger partial charge in [-0.15, -0.1) is 0 Å². The van der Waals surface area contributed by atoms with Crippen LogP contribution in [-0.2, 0) is 4.74 Å². The summed E-state index contributed by atoms with van der Waals surface area (Å²) in [5.74, 6) is 0.0207. The minimum absolute atomic E-state index is 0.0207. The zero-order valence-corrected chi connectivity index (χ0v) is 11.8. The number of aromatic amines is 1. The van der Waals surface area contributed by atoms with E-state index in [4.69, 9.17) is 16.3 Å². The van der Waals surface area contributed by atoms with E-state index in [1.165, 1.54) is 0 Å². The maximum atomic E-state index is 12.6. The molecule has 0 amide bonds. The minimum atomic E-state index is -0.398. The smallest absolute Gasteiger partial charge is 0.196 e. The number of hydrogen-bond donors (Lipinski definition) is 1. The van der Waals surface area contributed by atoms with E-state index in [1.54, 1.807) is 6.20 Å². The number of ketones is 1. The Hall–Kier alpha value is -2.10. The molecule has 1 N–H and O–H groups in total. The van der Waals surface area contributed by atoms with Crippen molar-refractivity contribution in [1.82, 2.24) is 4.98 Å². The van der Waals surface area contributed by atoms with E-state index >= 15 is 0 Å². The average molecular weight is 298 g/mol. The van der Waals surface area contributed by atoms with Gasteiger partial charge >= 0.3 is 0 Å². The predicted octanol–water partition coefficient (Wildman–Crippen LogP) is 4.14. The number of rotatable bonds is 3. The van der Waals surface area contributed by atoms with Crippen LogP contribution in [0.5, 0.6) is 0 Å². The number of epoxide rings is 1. The molecule has 1 aliphatic heterocycles. The lowest BCUT2D eigenvalue weighted by molar-refractivity contribution is 0.0955. The molecule has 0 saturated carbocycles. The predicted molar refractivity (Wildman–Crippen MR) is 81.7 cm³/mol. The van der Waals surface area contributed by atoms with E-state index in [1.807, 2.05) is 48.5 Å². The molecule has 3 nitrogen and oxygen atoms in total. The third-order valence-corrected chi connectivity index (χ3v) is 4.06. The number of para-hydroxylation sites is 1. The van der Waals surface area contributed by atoms with Gasteiger partial charge in [0.1, 0.15) is 6.10 Å². The molecule has 4 heteroatoms. The van der Waals surface area contributed by atoms with Crippen LogP contribution in [-0.4, -0.2) is 16.9 Å². The zero-order chi connectivity index (χ0) is 14.4. The molecule has 1 saturated heterocycles. The number of fused-ring (bicyclic) bond motifs is 1. The van der Waals surface area contributed by atoms with Crippen molar-refractivity contribution >= 4 is 28.3 Å². The van der Waals surface area contributed by atoms with Crippen LogP contribution >= 0.6 is 11.6 Å². The molecule has 104 valence electrons. The summed E-state index contributed by atoms with van der Waals surface area (Å²) in [6, 6.07) is 15.2. The normalized spacial score (nSPS) is 20.6. The number of H-pyrrole nitrogens is 1. The van der Waals surface area contributed by atoms with E-state index in [2.05, 4.69) is 4.98 Å². The second kappa shape index (κ2) is 4.72. The number of Topliss-reactive ketones (excluding diaryl/α,β-unsaturated/α-hetero) is 1. The molecule has 21 heavy (non-hydrogen) atoms. The van der Waals surface area contributed by atoms with Crippen molar-refractivity contribution in [3.05, 3.63) is 70.9 Å². The molecule has 1 aliphatic rings. The van der Waals surface area contributed by atoms with Crippen molar-refractivity contribution < 1.29 is 9.53 Å². The average Bonchev–Trinajstić information content (AvgIpc) is 3.19. The summed E-state index contributed by atoms with van der Waals surface area (Å²) in [5.41, 5.74) is 2.63. The standard InChI is InChI=1S/C17H12ClNO2/c18-11-7-5-10(6-8-11)16-17(21-16)15(20)13-9-19-14-4-2-1-3-12(13)14/h1-9,16-17,19H/t16-,17-/m0/s1. The van der Waals surface area contributed by atoms with Crippen LogP contribution in [0.1, 0.15) is 22.0 Å². The Morgan fingerprint density at radius 3 is 2.67 bits per heavy atom. The SMILES string of the molecule is O=C(c1c[nH]c2ccccc12)[C@@H]1O[C@H]1c1ccc(Cl)cc1. The number of benzene rings is 2. The Balaban J connectivity index is 1.61. The summed E-state index contributed by atoms with van der Waals surface area (Å²) in [6.07, 6.45) is 1.20. The highest BCUT2D eigenvalue weighted by Gasteiger charge is 2.46. The molecule has 0 bridgehead atoms. The largest absolute Gasteiger partial charge is 0.360 e. The molecule has 0 spiro atoms. The Morgan fingerprint density at radius 1 is 1.10 bits per heavy atom. The van der Waals surface area contributed by atoms with Gasteiger partial charge in [-0.2, -0.15) is 0 Å². The van der Waals surface area contributed by atoms with E-state index in [0.29, 0.717) is 10.6 Å². The molecule has 1 aromatic heterocycles. The Labute approximate surface area is 126 Å². The highest BCUT2D eigenvalue weighted by atomic mass is 35.5. The van der Waals surface area contributed by atoms with E-state index < -0.39 is 6.10 Å². The first-order valence-electron chi connectivity index (χ1n) is 6.75. The second-order valence-corrected chi connectivity index (χ2v) is 5.58. The number of carbonyl (C=O) groups excluding carboxylic acids is 1. The van der Waals surface area contributed by atoms with Crippen molar-refractivity contribution in [3.63, 3.8) is 0 Å². The van der Waals surface area contributed by atoms with Crippen molar-refractivity contribution in [2.75, 3.05) is 0 Å². The van der Waals surface area contributed by atoms with Crippen LogP contribution < -0.4 is 0 Å². The Morgan fingerprint density at radius 2 is 1.86 bits per heavy atom. The van der Waals surface area contributed by atoms with Crippen molar-refractivity contribution in [3.8, 4) is 0 Å². The molecule has 0 aliphatic carbocycles. The fourth-order valence-corrected chi connectivity index (χ4v) is 2.77. The number of halogens is 1. The molecular weight excluding hydrogens is 286 g/mol. The molecule has 2 aromatic carbocycles. The summed E-state index contributed by atoms with van der Waals surface area (Å²) in [6.45, 7) is 0. The fraction of sp³-hybridized carbons (Fsp3) is 0.118. The highest BCUT2D eigenvalue weighted by molar-refractivity contribution is 6.30. The quantitative estimate of drug-likeness (QED) is 0.583. The van der Waals surface area contributed by atoms with E-state index in [9.17, 15) is 4.79 Å². The summed E-state index contributed by atoms with van der Waals surface area (Å²) in [4.78, 5) is 15.7. The van der Waals surface area contributed by atoms with Gasteiger partial charge < -0.3 is 9.72 Å². The second-order valence-electron chi connectivity index (χ2n) is 5.14. The molecule has 2 atom stereocenters. The van der Waals surface area contributed by atoms with Crippen molar-refractivity contribution in [1.29, 1.82) is 0 Å². The minimum Gasteiger partial charge on any atom is -0.360 e. The van der Waals surface area contributed by atoms with Gasteiger partial charge in [-0.3, -0.25) is 4.79 Å². The molecular formula is C17H12ClNO2. The summed E-state index contributed by atoms with van der Waals surface area (Å²) in [7, 11) is 0. The van der Waals surface area contributed by atoms with Crippen molar-refractivity contribution in [2.45, 2.75) is 12.2 Å². The number of ether oxygens (including phenoxy) is 1. The first kappa shape index (κ1) is 12.6. The third-order valence-electron chi connectivity index (χ3n) is 3.80. The lowest BCUT2D eigenvalue weighted by Gasteiger charge is -1.97. The van der Waals surface area contributed by atoms with Gasteiger partial charge in [-0.25, -0.2) is 0 Å². The van der Waals surface area contributed by atoms with Crippen molar-refractivity contribution in [2.24, 2.45) is 0 Å². The number of carbonyl (C=O) groups is 1. The molecule has 0 radical (unpaired) electrons.